The third kappa shape index (κ3) is 3.57. The van der Waals surface area contributed by atoms with E-state index in [4.69, 9.17) is 33.5 Å². The Morgan fingerprint density at radius 2 is 2.06 bits per heavy atom. The SMILES string of the molecule is C[C@@]12OC(=O)O[C@@H]1C(OP1(=O)OCC[C@@H](c3ccncc3)O1)O[C@H]2n1ccc(N)nc1=O. The van der Waals surface area contributed by atoms with Gasteiger partial charge in [-0.2, -0.15) is 4.98 Å². The number of aromatic nitrogens is 3. The number of rotatable bonds is 4. The summed E-state index contributed by atoms with van der Waals surface area (Å²) in [5.41, 5.74) is 4.07. The van der Waals surface area contributed by atoms with E-state index in [-0.39, 0.29) is 12.4 Å². The molecule has 2 N–H and O–H groups in total. The number of pyridine rings is 1. The Labute approximate surface area is 181 Å². The zero-order valence-electron chi connectivity index (χ0n) is 16.7. The molecular weight excluding hydrogens is 447 g/mol. The Bertz CT molecular complexity index is 1140. The molecule has 3 aliphatic heterocycles. The van der Waals surface area contributed by atoms with Crippen molar-refractivity contribution in [3.8, 4) is 0 Å². The smallest absolute Gasteiger partial charge is 0.421 e. The summed E-state index contributed by atoms with van der Waals surface area (Å²) >= 11 is 0. The van der Waals surface area contributed by atoms with Crippen LogP contribution in [0.2, 0.25) is 0 Å². The van der Waals surface area contributed by atoms with Crippen molar-refractivity contribution in [3.63, 3.8) is 0 Å². The number of nitrogens with zero attached hydrogens (tertiary/aromatic N) is 3. The molecule has 5 heterocycles. The summed E-state index contributed by atoms with van der Waals surface area (Å²) in [5.74, 6) is 0.00835. The minimum Gasteiger partial charge on any atom is -0.421 e. The van der Waals surface area contributed by atoms with Crippen LogP contribution < -0.4 is 11.4 Å². The second kappa shape index (κ2) is 7.64. The summed E-state index contributed by atoms with van der Waals surface area (Å²) in [6.45, 7) is 1.59. The lowest BCUT2D eigenvalue weighted by Gasteiger charge is -2.30. The van der Waals surface area contributed by atoms with Crippen LogP contribution in [0.4, 0.5) is 10.6 Å². The number of carbonyl (C=O) groups excluding carboxylic acids is 1. The van der Waals surface area contributed by atoms with Gasteiger partial charge in [0.1, 0.15) is 5.82 Å². The minimum absolute atomic E-state index is 0.00835. The maximum atomic E-state index is 13.3. The molecule has 0 aromatic carbocycles. The molecule has 13 nitrogen and oxygen atoms in total. The fourth-order valence-electron chi connectivity index (χ4n) is 3.86. The summed E-state index contributed by atoms with van der Waals surface area (Å²) in [6, 6.07) is 4.84. The van der Waals surface area contributed by atoms with Crippen molar-refractivity contribution in [1.82, 2.24) is 14.5 Å². The van der Waals surface area contributed by atoms with Crippen molar-refractivity contribution in [2.24, 2.45) is 0 Å². The Morgan fingerprint density at radius 1 is 1.28 bits per heavy atom. The summed E-state index contributed by atoms with van der Waals surface area (Å²) in [4.78, 5) is 31.9. The van der Waals surface area contributed by atoms with Crippen molar-refractivity contribution in [2.45, 2.75) is 43.7 Å². The number of nitrogens with two attached hydrogens (primary N) is 1. The lowest BCUT2D eigenvalue weighted by Crippen LogP contribution is -2.44. The molecule has 170 valence electrons. The molecule has 3 saturated heterocycles. The van der Waals surface area contributed by atoms with Gasteiger partial charge in [0.2, 0.25) is 12.4 Å². The van der Waals surface area contributed by atoms with E-state index in [0.29, 0.717) is 6.42 Å². The molecule has 0 bridgehead atoms. The first-order chi connectivity index (χ1) is 15.3. The summed E-state index contributed by atoms with van der Waals surface area (Å²) in [7, 11) is -4.14. The highest BCUT2D eigenvalue weighted by molar-refractivity contribution is 7.48. The quantitative estimate of drug-likeness (QED) is 0.513. The summed E-state index contributed by atoms with van der Waals surface area (Å²) in [6.07, 6.45) is -0.378. The first-order valence-corrected chi connectivity index (χ1v) is 11.1. The highest BCUT2D eigenvalue weighted by Gasteiger charge is 2.66. The van der Waals surface area contributed by atoms with Gasteiger partial charge in [0.25, 0.3) is 0 Å². The topological polar surface area (TPSA) is 163 Å². The van der Waals surface area contributed by atoms with Gasteiger partial charge in [-0.05, 0) is 30.7 Å². The number of ether oxygens (including phenoxy) is 3. The van der Waals surface area contributed by atoms with E-state index in [0.717, 1.165) is 10.1 Å². The molecule has 2 aromatic heterocycles. The monoisotopic (exact) mass is 466 g/mol. The number of phosphoric acid groups is 1. The molecule has 0 amide bonds. The average molecular weight is 466 g/mol. The number of carbonyl (C=O) groups is 1. The molecule has 14 heteroatoms. The predicted molar refractivity (Wildman–Crippen MR) is 104 cm³/mol. The van der Waals surface area contributed by atoms with Gasteiger partial charge in [-0.1, -0.05) is 0 Å². The van der Waals surface area contributed by atoms with Crippen LogP contribution in [-0.2, 0) is 32.3 Å². The van der Waals surface area contributed by atoms with E-state index in [1.165, 1.54) is 19.2 Å². The maximum absolute atomic E-state index is 13.3. The van der Waals surface area contributed by atoms with Gasteiger partial charge in [0.15, 0.2) is 11.8 Å². The van der Waals surface area contributed by atoms with E-state index in [1.807, 2.05) is 0 Å². The fourth-order valence-corrected chi connectivity index (χ4v) is 5.31. The van der Waals surface area contributed by atoms with Gasteiger partial charge in [0, 0.05) is 25.0 Å². The van der Waals surface area contributed by atoms with Crippen LogP contribution in [0.5, 0.6) is 0 Å². The third-order valence-corrected chi connectivity index (χ3v) is 6.87. The zero-order valence-corrected chi connectivity index (χ0v) is 17.6. The van der Waals surface area contributed by atoms with E-state index in [1.54, 1.807) is 24.5 Å². The first kappa shape index (κ1) is 21.0. The van der Waals surface area contributed by atoms with E-state index < -0.39 is 50.0 Å². The standard InChI is InChI=1S/C18H19N4O9P/c1-18-13(27-17(24)29-18)14(28-15(18)22-8-4-12(19)21-16(22)23)31-32(25)26-9-5-11(30-32)10-2-6-20-7-3-10/h2-4,6-8,11,13-15H,5,9H2,1H3,(H2,19,21,23)/t11-,13+,14?,15+,18+,32?/m0/s1. The van der Waals surface area contributed by atoms with Crippen molar-refractivity contribution >= 4 is 19.8 Å². The van der Waals surface area contributed by atoms with Crippen LogP contribution >= 0.6 is 7.82 Å². The second-order valence-corrected chi connectivity index (χ2v) is 9.10. The normalized spacial score (nSPS) is 36.3. The highest BCUT2D eigenvalue weighted by atomic mass is 31.2. The van der Waals surface area contributed by atoms with Gasteiger partial charge in [-0.3, -0.25) is 23.1 Å². The Morgan fingerprint density at radius 3 is 2.81 bits per heavy atom. The van der Waals surface area contributed by atoms with E-state index in [9.17, 15) is 14.2 Å². The van der Waals surface area contributed by atoms with E-state index in [2.05, 4.69) is 9.97 Å². The van der Waals surface area contributed by atoms with E-state index >= 15 is 0 Å². The van der Waals surface area contributed by atoms with Gasteiger partial charge in [-0.15, -0.1) is 0 Å². The number of phosphoric ester groups is 1. The molecule has 0 aliphatic carbocycles. The fraction of sp³-hybridized carbons (Fsp3) is 0.444. The number of hydrogen-bond acceptors (Lipinski definition) is 12. The molecule has 5 rings (SSSR count). The molecule has 2 unspecified atom stereocenters. The lowest BCUT2D eigenvalue weighted by molar-refractivity contribution is -0.157. The highest BCUT2D eigenvalue weighted by Crippen LogP contribution is 2.60. The van der Waals surface area contributed by atoms with Crippen molar-refractivity contribution < 1.29 is 37.1 Å². The van der Waals surface area contributed by atoms with Crippen LogP contribution in [-0.4, -0.2) is 45.3 Å². The largest absolute Gasteiger partial charge is 0.509 e. The lowest BCUT2D eigenvalue weighted by atomic mass is 9.99. The third-order valence-electron chi connectivity index (χ3n) is 5.39. The van der Waals surface area contributed by atoms with Gasteiger partial charge >= 0.3 is 19.7 Å². The molecule has 6 atom stereocenters. The average Bonchev–Trinajstić information content (AvgIpc) is 3.19. The molecule has 0 saturated carbocycles. The Balaban J connectivity index is 1.42. The molecule has 2 aromatic rings. The van der Waals surface area contributed by atoms with Crippen LogP contribution in [0.15, 0.2) is 41.6 Å². The number of anilines is 1. The molecular formula is C18H19N4O9P. The molecule has 0 radical (unpaired) electrons. The number of nitrogen functional groups attached to an aromatic ring is 1. The molecule has 3 aliphatic rings. The summed E-state index contributed by atoms with van der Waals surface area (Å²) in [5, 5.41) is 0. The number of hydrogen-bond donors (Lipinski definition) is 1. The van der Waals surface area contributed by atoms with Crippen LogP contribution in [0, 0.1) is 0 Å². The maximum Gasteiger partial charge on any atom is 0.509 e. The van der Waals surface area contributed by atoms with Crippen LogP contribution in [0.25, 0.3) is 0 Å². The van der Waals surface area contributed by atoms with Crippen molar-refractivity contribution in [2.75, 3.05) is 12.3 Å². The molecule has 0 spiro atoms. The van der Waals surface area contributed by atoms with Gasteiger partial charge in [0.05, 0.1) is 12.7 Å². The minimum atomic E-state index is -4.14. The first-order valence-electron chi connectivity index (χ1n) is 9.68. The second-order valence-electron chi connectivity index (χ2n) is 7.52. The Kier molecular flexibility index (Phi) is 5.02. The van der Waals surface area contributed by atoms with Crippen molar-refractivity contribution in [1.29, 1.82) is 0 Å². The van der Waals surface area contributed by atoms with Crippen molar-refractivity contribution in [3.05, 3.63) is 52.8 Å². The summed E-state index contributed by atoms with van der Waals surface area (Å²) < 4.78 is 47.2. The molecule has 3 fully saturated rings. The predicted octanol–water partition coefficient (Wildman–Crippen LogP) is 1.67. The van der Waals surface area contributed by atoms with Crippen LogP contribution in [0.1, 0.15) is 31.2 Å². The molecule has 32 heavy (non-hydrogen) atoms. The van der Waals surface area contributed by atoms with Crippen LogP contribution in [0.3, 0.4) is 0 Å². The van der Waals surface area contributed by atoms with Gasteiger partial charge in [-0.25, -0.2) is 14.2 Å². The number of fused-ring (bicyclic) bond motifs is 1. The van der Waals surface area contributed by atoms with Gasteiger partial charge < -0.3 is 19.9 Å². The Hall–Kier alpha value is -2.83. The zero-order chi connectivity index (χ0) is 22.5.